The highest BCUT2D eigenvalue weighted by Crippen LogP contribution is 2.42. The highest BCUT2D eigenvalue weighted by Gasteiger charge is 2.37. The summed E-state index contributed by atoms with van der Waals surface area (Å²) in [6.07, 6.45) is 8.38. The summed E-state index contributed by atoms with van der Waals surface area (Å²) in [5.74, 6) is 0.801. The highest BCUT2D eigenvalue weighted by molar-refractivity contribution is 4.86. The molecule has 0 spiro atoms. The van der Waals surface area contributed by atoms with Crippen LogP contribution in [0.2, 0.25) is 0 Å². The van der Waals surface area contributed by atoms with E-state index in [2.05, 4.69) is 34.6 Å². The van der Waals surface area contributed by atoms with Crippen LogP contribution in [0.1, 0.15) is 73.1 Å². The molecule has 2 heteroatoms. The van der Waals surface area contributed by atoms with Gasteiger partial charge in [0.05, 0.1) is 12.2 Å². The molecule has 0 aromatic heterocycles. The van der Waals surface area contributed by atoms with Gasteiger partial charge in [0.2, 0.25) is 0 Å². The lowest BCUT2D eigenvalue weighted by Crippen LogP contribution is -2.40. The van der Waals surface area contributed by atoms with Crippen LogP contribution in [0.15, 0.2) is 0 Å². The summed E-state index contributed by atoms with van der Waals surface area (Å²) in [4.78, 5) is 0. The van der Waals surface area contributed by atoms with E-state index in [1.54, 1.807) is 0 Å². The molecule has 2 aliphatic heterocycles. The number of rotatable bonds is 3. The SMILES string of the molecule is CC(C)(C)C1CCCC(CC(C)(C)C2CCOCC2)O1. The quantitative estimate of drug-likeness (QED) is 0.739. The van der Waals surface area contributed by atoms with Crippen molar-refractivity contribution in [3.8, 4) is 0 Å². The molecule has 20 heavy (non-hydrogen) atoms. The van der Waals surface area contributed by atoms with Crippen LogP contribution in [0.5, 0.6) is 0 Å². The van der Waals surface area contributed by atoms with Gasteiger partial charge in [0.15, 0.2) is 0 Å². The first-order chi connectivity index (χ1) is 9.29. The normalized spacial score (nSPS) is 30.4. The fourth-order valence-corrected chi connectivity index (χ4v) is 3.92. The van der Waals surface area contributed by atoms with Crippen molar-refractivity contribution in [3.63, 3.8) is 0 Å². The molecular formula is C18H34O2. The maximum atomic E-state index is 6.45. The maximum absolute atomic E-state index is 6.45. The largest absolute Gasteiger partial charge is 0.381 e. The van der Waals surface area contributed by atoms with Gasteiger partial charge in [-0.2, -0.15) is 0 Å². The molecule has 0 N–H and O–H groups in total. The van der Waals surface area contributed by atoms with E-state index in [9.17, 15) is 0 Å². The molecule has 2 rings (SSSR count). The first-order valence-corrected chi connectivity index (χ1v) is 8.52. The van der Waals surface area contributed by atoms with Crippen molar-refractivity contribution in [2.45, 2.75) is 85.4 Å². The van der Waals surface area contributed by atoms with Crippen LogP contribution in [0.25, 0.3) is 0 Å². The third-order valence-corrected chi connectivity index (χ3v) is 5.40. The summed E-state index contributed by atoms with van der Waals surface area (Å²) in [6, 6.07) is 0. The second-order valence-corrected chi connectivity index (χ2v) is 8.62. The monoisotopic (exact) mass is 282 g/mol. The van der Waals surface area contributed by atoms with E-state index in [4.69, 9.17) is 9.47 Å². The van der Waals surface area contributed by atoms with Crippen LogP contribution >= 0.6 is 0 Å². The molecule has 0 bridgehead atoms. The summed E-state index contributed by atoms with van der Waals surface area (Å²) in [6.45, 7) is 13.7. The van der Waals surface area contributed by atoms with Crippen molar-refractivity contribution >= 4 is 0 Å². The fourth-order valence-electron chi connectivity index (χ4n) is 3.92. The molecule has 2 atom stereocenters. The van der Waals surface area contributed by atoms with E-state index in [0.717, 1.165) is 19.1 Å². The van der Waals surface area contributed by atoms with Gasteiger partial charge in [-0.25, -0.2) is 0 Å². The lowest BCUT2D eigenvalue weighted by atomic mass is 9.70. The summed E-state index contributed by atoms with van der Waals surface area (Å²) in [5.41, 5.74) is 0.662. The van der Waals surface area contributed by atoms with Crippen LogP contribution in [0.3, 0.4) is 0 Å². The summed E-state index contributed by atoms with van der Waals surface area (Å²) in [7, 11) is 0. The maximum Gasteiger partial charge on any atom is 0.0627 e. The molecule has 2 aliphatic rings. The number of hydrogen-bond donors (Lipinski definition) is 0. The molecule has 0 aliphatic carbocycles. The molecule has 2 heterocycles. The topological polar surface area (TPSA) is 18.5 Å². The molecule has 0 radical (unpaired) electrons. The third-order valence-electron chi connectivity index (χ3n) is 5.40. The predicted octanol–water partition coefficient (Wildman–Crippen LogP) is 4.81. The van der Waals surface area contributed by atoms with Crippen LogP contribution in [0.4, 0.5) is 0 Å². The van der Waals surface area contributed by atoms with Crippen molar-refractivity contribution in [1.82, 2.24) is 0 Å². The number of ether oxygens (including phenoxy) is 2. The van der Waals surface area contributed by atoms with Crippen molar-refractivity contribution < 1.29 is 9.47 Å². The minimum Gasteiger partial charge on any atom is -0.381 e. The molecule has 2 fully saturated rings. The van der Waals surface area contributed by atoms with Crippen molar-refractivity contribution in [3.05, 3.63) is 0 Å². The van der Waals surface area contributed by atoms with E-state index in [-0.39, 0.29) is 5.41 Å². The Kier molecular flexibility index (Phi) is 5.18. The summed E-state index contributed by atoms with van der Waals surface area (Å²) < 4.78 is 12.0. The van der Waals surface area contributed by atoms with Gasteiger partial charge in [0, 0.05) is 13.2 Å². The zero-order valence-corrected chi connectivity index (χ0v) is 14.2. The molecule has 0 amide bonds. The van der Waals surface area contributed by atoms with Gasteiger partial charge in [0.25, 0.3) is 0 Å². The van der Waals surface area contributed by atoms with Crippen LogP contribution in [0, 0.1) is 16.7 Å². The standard InChI is InChI=1S/C18H34O2/c1-17(2,3)16-8-6-7-15(20-16)13-18(4,5)14-9-11-19-12-10-14/h14-16H,6-13H2,1-5H3. The summed E-state index contributed by atoms with van der Waals surface area (Å²) >= 11 is 0. The first-order valence-electron chi connectivity index (χ1n) is 8.52. The Balaban J connectivity index is 1.91. The molecule has 0 saturated carbocycles. The van der Waals surface area contributed by atoms with Crippen molar-refractivity contribution in [2.24, 2.45) is 16.7 Å². The van der Waals surface area contributed by atoms with Crippen molar-refractivity contribution in [1.29, 1.82) is 0 Å². The Morgan fingerprint density at radius 2 is 1.55 bits per heavy atom. The first kappa shape index (κ1) is 16.3. The van der Waals surface area contributed by atoms with Crippen LogP contribution in [-0.4, -0.2) is 25.4 Å². The van der Waals surface area contributed by atoms with Gasteiger partial charge >= 0.3 is 0 Å². The van der Waals surface area contributed by atoms with Gasteiger partial charge in [-0.1, -0.05) is 34.6 Å². The van der Waals surface area contributed by atoms with E-state index in [1.807, 2.05) is 0 Å². The Morgan fingerprint density at radius 1 is 0.900 bits per heavy atom. The van der Waals surface area contributed by atoms with Gasteiger partial charge in [-0.05, 0) is 55.3 Å². The van der Waals surface area contributed by atoms with E-state index in [0.29, 0.717) is 17.6 Å². The van der Waals surface area contributed by atoms with E-state index < -0.39 is 0 Å². The highest BCUT2D eigenvalue weighted by atomic mass is 16.5. The van der Waals surface area contributed by atoms with Gasteiger partial charge in [-0.3, -0.25) is 0 Å². The molecular weight excluding hydrogens is 248 g/mol. The minimum absolute atomic E-state index is 0.279. The van der Waals surface area contributed by atoms with Crippen LogP contribution in [-0.2, 0) is 9.47 Å². The zero-order valence-electron chi connectivity index (χ0n) is 14.2. The zero-order chi connectivity index (χ0) is 14.8. The average Bonchev–Trinajstić information content (AvgIpc) is 2.38. The Morgan fingerprint density at radius 3 is 2.15 bits per heavy atom. The van der Waals surface area contributed by atoms with E-state index >= 15 is 0 Å². The third kappa shape index (κ3) is 4.21. The fraction of sp³-hybridized carbons (Fsp3) is 1.00. The number of hydrogen-bond acceptors (Lipinski definition) is 2. The predicted molar refractivity (Wildman–Crippen MR) is 83.9 cm³/mol. The van der Waals surface area contributed by atoms with Gasteiger partial charge < -0.3 is 9.47 Å². The Labute approximate surface area is 125 Å². The molecule has 0 aromatic carbocycles. The lowest BCUT2D eigenvalue weighted by Gasteiger charge is -2.43. The molecule has 2 nitrogen and oxygen atoms in total. The smallest absolute Gasteiger partial charge is 0.0627 e. The van der Waals surface area contributed by atoms with Gasteiger partial charge in [0.1, 0.15) is 0 Å². The second-order valence-electron chi connectivity index (χ2n) is 8.62. The Hall–Kier alpha value is -0.0800. The van der Waals surface area contributed by atoms with Gasteiger partial charge in [-0.15, -0.1) is 0 Å². The van der Waals surface area contributed by atoms with Crippen LogP contribution < -0.4 is 0 Å². The molecule has 118 valence electrons. The lowest BCUT2D eigenvalue weighted by molar-refractivity contribution is -0.118. The second kappa shape index (κ2) is 6.36. The van der Waals surface area contributed by atoms with Crippen molar-refractivity contribution in [2.75, 3.05) is 13.2 Å². The molecule has 0 aromatic rings. The average molecular weight is 282 g/mol. The Bertz CT molecular complexity index is 297. The summed E-state index contributed by atoms with van der Waals surface area (Å²) in [5, 5.41) is 0. The molecule has 2 saturated heterocycles. The minimum atomic E-state index is 0.279. The molecule has 2 unspecified atom stereocenters. The van der Waals surface area contributed by atoms with E-state index in [1.165, 1.54) is 38.5 Å².